The first kappa shape index (κ1) is 17.9. The molecule has 0 atom stereocenters. The van der Waals surface area contributed by atoms with Gasteiger partial charge in [-0.1, -0.05) is 24.3 Å². The summed E-state index contributed by atoms with van der Waals surface area (Å²) in [5, 5.41) is 0. The number of fused-ring (bicyclic) bond motifs is 1. The summed E-state index contributed by atoms with van der Waals surface area (Å²) < 4.78 is 3.68. The van der Waals surface area contributed by atoms with E-state index < -0.39 is 0 Å². The fourth-order valence-electron chi connectivity index (χ4n) is 3.35. The maximum atomic E-state index is 13.1. The average molecular weight is 370 g/mol. The van der Waals surface area contributed by atoms with Crippen molar-refractivity contribution in [3.05, 3.63) is 89.8 Å². The third-order valence-corrected chi connectivity index (χ3v) is 4.53. The van der Waals surface area contributed by atoms with E-state index in [0.29, 0.717) is 11.1 Å². The van der Waals surface area contributed by atoms with Crippen molar-refractivity contribution in [3.8, 4) is 5.69 Å². The number of hydrogen-bond donors (Lipinski definition) is 0. The van der Waals surface area contributed by atoms with Gasteiger partial charge in [0.1, 0.15) is 11.3 Å². The van der Waals surface area contributed by atoms with Crippen molar-refractivity contribution in [1.29, 1.82) is 0 Å². The third kappa shape index (κ3) is 3.27. The van der Waals surface area contributed by atoms with Crippen molar-refractivity contribution in [2.24, 2.45) is 4.99 Å². The molecular weight excluding hydrogens is 348 g/mol. The van der Waals surface area contributed by atoms with Gasteiger partial charge in [-0.25, -0.2) is 4.98 Å². The molecule has 5 nitrogen and oxygen atoms in total. The van der Waals surface area contributed by atoms with Crippen LogP contribution in [0.3, 0.4) is 0 Å². The molecule has 0 aliphatic carbocycles. The zero-order valence-electron chi connectivity index (χ0n) is 16.2. The molecule has 2 heterocycles. The van der Waals surface area contributed by atoms with Crippen LogP contribution in [0.4, 0.5) is 0 Å². The van der Waals surface area contributed by atoms with Crippen molar-refractivity contribution >= 4 is 16.9 Å². The lowest BCUT2D eigenvalue weighted by atomic mass is 10.1. The van der Waals surface area contributed by atoms with Gasteiger partial charge in [0.25, 0.3) is 5.91 Å². The Morgan fingerprint density at radius 3 is 2.50 bits per heavy atom. The molecule has 0 radical (unpaired) electrons. The number of aryl methyl sites for hydroxylation is 1. The van der Waals surface area contributed by atoms with Gasteiger partial charge in [-0.05, 0) is 63.2 Å². The second-order valence-electron chi connectivity index (χ2n) is 6.99. The van der Waals surface area contributed by atoms with Crippen LogP contribution in [-0.4, -0.2) is 26.1 Å². The number of pyridine rings is 1. The number of imidazole rings is 1. The quantitative estimate of drug-likeness (QED) is 0.544. The molecule has 0 bridgehead atoms. The Morgan fingerprint density at radius 2 is 1.75 bits per heavy atom. The van der Waals surface area contributed by atoms with Crippen LogP contribution in [0.15, 0.2) is 77.9 Å². The first-order chi connectivity index (χ1) is 13.5. The van der Waals surface area contributed by atoms with Crippen molar-refractivity contribution < 1.29 is 4.79 Å². The van der Waals surface area contributed by atoms with Crippen molar-refractivity contribution in [1.82, 2.24) is 14.1 Å². The van der Waals surface area contributed by atoms with Gasteiger partial charge in [0.05, 0.1) is 11.0 Å². The summed E-state index contributed by atoms with van der Waals surface area (Å²) in [5.74, 6) is 0.766. The van der Waals surface area contributed by atoms with Crippen LogP contribution in [0.5, 0.6) is 0 Å². The van der Waals surface area contributed by atoms with Crippen LogP contribution < -0.4 is 5.49 Å². The molecular formula is C23H22N4O. The molecule has 0 amide bonds. The van der Waals surface area contributed by atoms with Crippen LogP contribution in [0.1, 0.15) is 30.0 Å². The molecule has 0 saturated carbocycles. The average Bonchev–Trinajstić information content (AvgIpc) is 3.03. The van der Waals surface area contributed by atoms with Gasteiger partial charge in [0.15, 0.2) is 0 Å². The number of nitrogens with zero attached hydrogens (tertiary/aromatic N) is 4. The zero-order valence-corrected chi connectivity index (χ0v) is 16.2. The molecule has 4 aromatic rings. The summed E-state index contributed by atoms with van der Waals surface area (Å²) >= 11 is 0. The molecule has 4 rings (SSSR count). The summed E-state index contributed by atoms with van der Waals surface area (Å²) in [4.78, 5) is 22.3. The predicted octanol–water partition coefficient (Wildman–Crippen LogP) is 4.13. The molecule has 0 fully saturated rings. The molecule has 2 aromatic carbocycles. The van der Waals surface area contributed by atoms with E-state index in [4.69, 9.17) is 0 Å². The standard InChI is InChI=1S/C23H22N4O/c1-16(2)24-22-11-7-8-14-26(22)23(28)18-12-13-21-20(15-18)25-17(3)27(21)19-9-5-4-6-10-19/h4-16H,1-3H3. The van der Waals surface area contributed by atoms with Gasteiger partial charge in [0, 0.05) is 23.5 Å². The van der Waals surface area contributed by atoms with Crippen molar-refractivity contribution in [3.63, 3.8) is 0 Å². The minimum atomic E-state index is -0.117. The van der Waals surface area contributed by atoms with Crippen LogP contribution in [0, 0.1) is 6.92 Å². The van der Waals surface area contributed by atoms with Crippen LogP contribution >= 0.6 is 0 Å². The van der Waals surface area contributed by atoms with E-state index >= 15 is 0 Å². The Kier molecular flexibility index (Phi) is 4.65. The molecule has 2 aromatic heterocycles. The second kappa shape index (κ2) is 7.27. The first-order valence-corrected chi connectivity index (χ1v) is 9.35. The monoisotopic (exact) mass is 370 g/mol. The summed E-state index contributed by atoms with van der Waals surface area (Å²) in [6, 6.07) is 21.4. The van der Waals surface area contributed by atoms with Crippen LogP contribution in [0.25, 0.3) is 16.7 Å². The fourth-order valence-corrected chi connectivity index (χ4v) is 3.35. The van der Waals surface area contributed by atoms with Crippen LogP contribution in [-0.2, 0) is 0 Å². The lowest BCUT2D eigenvalue weighted by molar-refractivity contribution is 0.0954. The molecule has 0 spiro atoms. The summed E-state index contributed by atoms with van der Waals surface area (Å²) in [7, 11) is 0. The SMILES string of the molecule is Cc1nc2cc(C(=O)n3ccccc3=NC(C)C)ccc2n1-c1ccccc1. The highest BCUT2D eigenvalue weighted by Gasteiger charge is 2.14. The normalized spacial score (nSPS) is 12.1. The van der Waals surface area contributed by atoms with Crippen molar-refractivity contribution in [2.45, 2.75) is 26.8 Å². The highest BCUT2D eigenvalue weighted by Crippen LogP contribution is 2.22. The van der Waals surface area contributed by atoms with E-state index in [1.807, 2.05) is 87.5 Å². The number of hydrogen-bond acceptors (Lipinski definition) is 3. The molecule has 0 saturated heterocycles. The Labute approximate surface area is 163 Å². The molecule has 0 N–H and O–H groups in total. The molecule has 0 aliphatic heterocycles. The van der Waals surface area contributed by atoms with E-state index in [0.717, 1.165) is 22.5 Å². The Balaban J connectivity index is 1.81. The Hall–Kier alpha value is -3.47. The number of carbonyl (C=O) groups is 1. The Morgan fingerprint density at radius 1 is 1.00 bits per heavy atom. The lowest BCUT2D eigenvalue weighted by Crippen LogP contribution is -2.28. The fraction of sp³-hybridized carbons (Fsp3) is 0.174. The summed E-state index contributed by atoms with van der Waals surface area (Å²) in [5.41, 5.74) is 4.06. The molecule has 28 heavy (non-hydrogen) atoms. The summed E-state index contributed by atoms with van der Waals surface area (Å²) in [6.45, 7) is 5.96. The summed E-state index contributed by atoms with van der Waals surface area (Å²) in [6.07, 6.45) is 1.75. The smallest absolute Gasteiger partial charge is 0.263 e. The Bertz CT molecular complexity index is 1220. The highest BCUT2D eigenvalue weighted by molar-refractivity contribution is 5.99. The highest BCUT2D eigenvalue weighted by atomic mass is 16.2. The van der Waals surface area contributed by atoms with Gasteiger partial charge in [0.2, 0.25) is 0 Å². The van der Waals surface area contributed by atoms with Crippen molar-refractivity contribution in [2.75, 3.05) is 0 Å². The van der Waals surface area contributed by atoms with E-state index in [2.05, 4.69) is 14.5 Å². The van der Waals surface area contributed by atoms with Gasteiger partial charge < -0.3 is 0 Å². The van der Waals surface area contributed by atoms with E-state index in [1.165, 1.54) is 0 Å². The first-order valence-electron chi connectivity index (χ1n) is 9.35. The zero-order chi connectivity index (χ0) is 19.7. The third-order valence-electron chi connectivity index (χ3n) is 4.53. The lowest BCUT2D eigenvalue weighted by Gasteiger charge is -2.08. The largest absolute Gasteiger partial charge is 0.297 e. The van der Waals surface area contributed by atoms with E-state index in [9.17, 15) is 4.79 Å². The number of aromatic nitrogens is 3. The maximum absolute atomic E-state index is 13.1. The minimum absolute atomic E-state index is 0.105. The van der Waals surface area contributed by atoms with Gasteiger partial charge in [-0.3, -0.25) is 18.9 Å². The molecule has 0 unspecified atom stereocenters. The van der Waals surface area contributed by atoms with Gasteiger partial charge in [-0.2, -0.15) is 0 Å². The molecule has 140 valence electrons. The maximum Gasteiger partial charge on any atom is 0.263 e. The van der Waals surface area contributed by atoms with Gasteiger partial charge >= 0.3 is 0 Å². The number of rotatable bonds is 3. The van der Waals surface area contributed by atoms with Crippen LogP contribution in [0.2, 0.25) is 0 Å². The predicted molar refractivity (Wildman–Crippen MR) is 111 cm³/mol. The topological polar surface area (TPSA) is 52.2 Å². The number of para-hydroxylation sites is 1. The molecule has 5 heteroatoms. The minimum Gasteiger partial charge on any atom is -0.297 e. The van der Waals surface area contributed by atoms with E-state index in [1.54, 1.807) is 10.8 Å². The molecule has 0 aliphatic rings. The second-order valence-corrected chi connectivity index (χ2v) is 6.99. The number of benzene rings is 2. The van der Waals surface area contributed by atoms with E-state index in [-0.39, 0.29) is 11.9 Å². The van der Waals surface area contributed by atoms with Gasteiger partial charge in [-0.15, -0.1) is 0 Å². The number of carbonyl (C=O) groups excluding carboxylic acids is 1.